The number of carbonyl (C=O) groups is 1. The molecule has 0 fully saturated rings. The summed E-state index contributed by atoms with van der Waals surface area (Å²) < 4.78 is 120. The molecule has 2 rings (SSSR count). The van der Waals surface area contributed by atoms with Crippen LogP contribution in [0.1, 0.15) is 35.6 Å². The third-order valence-electron chi connectivity index (χ3n) is 4.93. The fraction of sp³-hybridized carbons (Fsp3) is 0.381. The molecule has 0 aromatic heterocycles. The summed E-state index contributed by atoms with van der Waals surface area (Å²) in [6.07, 6.45) is -16.3. The lowest BCUT2D eigenvalue weighted by Gasteiger charge is -2.32. The lowest BCUT2D eigenvalue weighted by Crippen LogP contribution is -2.48. The summed E-state index contributed by atoms with van der Waals surface area (Å²) in [7, 11) is 0. The van der Waals surface area contributed by atoms with E-state index in [2.05, 4.69) is 10.6 Å². The first kappa shape index (κ1) is 28.6. The van der Waals surface area contributed by atoms with Gasteiger partial charge in [-0.1, -0.05) is 24.6 Å². The van der Waals surface area contributed by atoms with E-state index in [4.69, 9.17) is 11.6 Å². The number of hydrogen-bond acceptors (Lipinski definition) is 3. The maximum atomic E-state index is 13.8. The smallest absolute Gasteiger partial charge is 0.381 e. The highest BCUT2D eigenvalue weighted by molar-refractivity contribution is 6.31. The van der Waals surface area contributed by atoms with Gasteiger partial charge in [0.15, 0.2) is 0 Å². The monoisotopic (exact) mass is 536 g/mol. The van der Waals surface area contributed by atoms with Crippen molar-refractivity contribution in [3.63, 3.8) is 0 Å². The molecule has 0 radical (unpaired) electrons. The van der Waals surface area contributed by atoms with Gasteiger partial charge in [-0.3, -0.25) is 4.79 Å². The van der Waals surface area contributed by atoms with E-state index in [1.54, 1.807) is 6.92 Å². The number of nitrogens with one attached hydrogen (secondary N) is 2. The van der Waals surface area contributed by atoms with Crippen molar-refractivity contribution in [1.29, 1.82) is 0 Å². The first-order chi connectivity index (χ1) is 15.9. The van der Waals surface area contributed by atoms with Crippen LogP contribution in [0.4, 0.5) is 45.2 Å². The highest BCUT2D eigenvalue weighted by Crippen LogP contribution is 2.44. The van der Waals surface area contributed by atoms with Gasteiger partial charge in [-0.15, -0.1) is 0 Å². The fourth-order valence-corrected chi connectivity index (χ4v) is 3.16. The maximum absolute atomic E-state index is 13.8. The van der Waals surface area contributed by atoms with E-state index in [0.717, 1.165) is 6.07 Å². The Morgan fingerprint density at radius 2 is 1.40 bits per heavy atom. The minimum Gasteiger partial charge on any atom is -0.381 e. The molecule has 0 bridgehead atoms. The highest BCUT2D eigenvalue weighted by Gasteiger charge is 2.56. The van der Waals surface area contributed by atoms with Crippen LogP contribution < -0.4 is 10.6 Å². The van der Waals surface area contributed by atoms with Gasteiger partial charge < -0.3 is 15.7 Å². The van der Waals surface area contributed by atoms with Crippen LogP contribution >= 0.6 is 11.6 Å². The minimum atomic E-state index is -5.67. The Hall–Kier alpha value is -2.67. The zero-order valence-electron chi connectivity index (χ0n) is 17.7. The van der Waals surface area contributed by atoms with Crippen LogP contribution in [0.15, 0.2) is 36.4 Å². The summed E-state index contributed by atoms with van der Waals surface area (Å²) in [4.78, 5) is 11.3. The average molecular weight is 537 g/mol. The Morgan fingerprint density at radius 1 is 0.886 bits per heavy atom. The van der Waals surface area contributed by atoms with Crippen LogP contribution in [-0.2, 0) is 29.3 Å². The maximum Gasteiger partial charge on any atom is 0.423 e. The quantitative estimate of drug-likeness (QED) is 0.366. The van der Waals surface area contributed by atoms with Gasteiger partial charge in [0.25, 0.3) is 0 Å². The molecule has 35 heavy (non-hydrogen) atoms. The lowest BCUT2D eigenvalue weighted by atomic mass is 9.89. The molecule has 0 saturated heterocycles. The van der Waals surface area contributed by atoms with Gasteiger partial charge in [0.2, 0.25) is 11.5 Å². The summed E-state index contributed by atoms with van der Waals surface area (Å²) in [6.45, 7) is 0.0773. The fourth-order valence-electron chi connectivity index (χ4n) is 2.91. The molecule has 2 aromatic carbocycles. The summed E-state index contributed by atoms with van der Waals surface area (Å²) in [5.41, 5.74) is -9.53. The number of hydrogen-bond donors (Lipinski definition) is 3. The molecule has 0 heterocycles. The van der Waals surface area contributed by atoms with Gasteiger partial charge in [-0.05, 0) is 41.5 Å². The van der Waals surface area contributed by atoms with Crippen LogP contribution in [0.2, 0.25) is 5.02 Å². The zero-order valence-corrected chi connectivity index (χ0v) is 18.5. The summed E-state index contributed by atoms with van der Waals surface area (Å²) in [5, 5.41) is 15.0. The number of alkyl halides is 9. The zero-order chi connectivity index (χ0) is 26.8. The van der Waals surface area contributed by atoms with Crippen LogP contribution in [0, 0.1) is 0 Å². The molecule has 3 N–H and O–H groups in total. The average Bonchev–Trinajstić information content (AvgIpc) is 2.74. The van der Waals surface area contributed by atoms with Gasteiger partial charge >= 0.3 is 18.5 Å². The summed E-state index contributed by atoms with van der Waals surface area (Å²) >= 11 is 6.03. The predicted octanol–water partition coefficient (Wildman–Crippen LogP) is 6.27. The molecule has 0 aliphatic carbocycles. The molecule has 0 spiro atoms. The van der Waals surface area contributed by atoms with Crippen molar-refractivity contribution in [2.45, 2.75) is 44.0 Å². The van der Waals surface area contributed by atoms with Gasteiger partial charge in [-0.25, -0.2) is 0 Å². The van der Waals surface area contributed by atoms with Crippen molar-refractivity contribution in [2.75, 3.05) is 11.9 Å². The Morgan fingerprint density at radius 3 is 1.83 bits per heavy atom. The molecular weight excluding hydrogens is 519 g/mol. The molecular formula is C21H18ClF9N2O2. The van der Waals surface area contributed by atoms with Crippen LogP contribution in [0.25, 0.3) is 0 Å². The molecule has 0 aliphatic rings. The first-order valence-corrected chi connectivity index (χ1v) is 10.1. The summed E-state index contributed by atoms with van der Waals surface area (Å²) in [6, 6.07) is 2.96. The first-order valence-electron chi connectivity index (χ1n) is 9.76. The van der Waals surface area contributed by atoms with E-state index in [0.29, 0.717) is 5.56 Å². The van der Waals surface area contributed by atoms with Crippen molar-refractivity contribution in [1.82, 2.24) is 5.32 Å². The number of anilines is 1. The third-order valence-corrected chi connectivity index (χ3v) is 5.28. The number of halogens is 10. The van der Waals surface area contributed by atoms with E-state index in [1.165, 1.54) is 12.1 Å². The highest BCUT2D eigenvalue weighted by atomic mass is 35.5. The van der Waals surface area contributed by atoms with E-state index in [1.807, 2.05) is 0 Å². The molecule has 194 valence electrons. The van der Waals surface area contributed by atoms with E-state index in [9.17, 15) is 49.4 Å². The van der Waals surface area contributed by atoms with E-state index < -0.39 is 47.4 Å². The second kappa shape index (κ2) is 10.1. The van der Waals surface area contributed by atoms with Crippen molar-refractivity contribution in [3.8, 4) is 0 Å². The second-order valence-corrected chi connectivity index (χ2v) is 7.85. The predicted molar refractivity (Wildman–Crippen MR) is 108 cm³/mol. The van der Waals surface area contributed by atoms with Crippen LogP contribution in [-0.4, -0.2) is 23.7 Å². The van der Waals surface area contributed by atoms with Gasteiger partial charge in [-0.2, -0.15) is 39.5 Å². The lowest BCUT2D eigenvalue weighted by molar-refractivity contribution is -0.261. The number of aliphatic hydroxyl groups is 1. The van der Waals surface area contributed by atoms with Gasteiger partial charge in [0.1, 0.15) is 0 Å². The van der Waals surface area contributed by atoms with Crippen molar-refractivity contribution >= 4 is 23.2 Å². The number of carbonyl (C=O) groups excluding carboxylic acids is 1. The third kappa shape index (κ3) is 6.94. The van der Waals surface area contributed by atoms with Crippen LogP contribution in [0.3, 0.4) is 0 Å². The minimum absolute atomic E-state index is 0.000350. The standard InChI is InChI=1S/C21H18ClF9N2O2/c1-2-17(34)32-9-11-3-4-15(8-16(11)22)33-10-18(35,21(29,30)31)12-5-13(19(23,24)25)7-14(6-12)20(26,27)28/h3-8,33,35H,2,9-10H2,1H3,(H,32,34)/t18-/m0/s1. The molecule has 1 atom stereocenters. The van der Waals surface area contributed by atoms with E-state index >= 15 is 0 Å². The largest absolute Gasteiger partial charge is 0.423 e. The molecule has 14 heteroatoms. The van der Waals surface area contributed by atoms with Gasteiger partial charge in [0, 0.05) is 23.7 Å². The molecule has 0 aliphatic heterocycles. The number of rotatable bonds is 7. The normalized spacial score (nSPS) is 14.4. The Bertz CT molecular complexity index is 1040. The Balaban J connectivity index is 2.43. The van der Waals surface area contributed by atoms with Crippen molar-refractivity contribution < 1.29 is 49.4 Å². The SMILES string of the molecule is CCC(=O)NCc1ccc(NC[C@](O)(c2cc(C(F)(F)F)cc(C(F)(F)F)c2)C(F)(F)F)cc1Cl. The molecule has 0 saturated carbocycles. The van der Waals surface area contributed by atoms with Gasteiger partial charge in [0.05, 0.1) is 17.7 Å². The van der Waals surface area contributed by atoms with Crippen molar-refractivity contribution in [3.05, 3.63) is 63.7 Å². The van der Waals surface area contributed by atoms with Crippen LogP contribution in [0.5, 0.6) is 0 Å². The molecule has 0 unspecified atom stereocenters. The number of benzene rings is 2. The Kier molecular flexibility index (Phi) is 8.27. The molecule has 4 nitrogen and oxygen atoms in total. The van der Waals surface area contributed by atoms with Crippen molar-refractivity contribution in [2.24, 2.45) is 0 Å². The second-order valence-electron chi connectivity index (χ2n) is 7.44. The molecule has 2 aromatic rings. The molecule has 1 amide bonds. The summed E-state index contributed by atoms with van der Waals surface area (Å²) in [5.74, 6) is -0.294. The van der Waals surface area contributed by atoms with E-state index in [-0.39, 0.29) is 47.8 Å². The topological polar surface area (TPSA) is 61.4 Å². The number of amides is 1. The Labute approximate surface area is 198 Å².